The topological polar surface area (TPSA) is 40.5 Å². The van der Waals surface area contributed by atoms with Gasteiger partial charge in [-0.1, -0.05) is 23.2 Å². The van der Waals surface area contributed by atoms with Crippen molar-refractivity contribution >= 4 is 29.2 Å². The monoisotopic (exact) mass is 261 g/mol. The van der Waals surface area contributed by atoms with Crippen LogP contribution in [0.5, 0.6) is 0 Å². The molecule has 1 rings (SSSR count). The number of nitrogens with zero attached hydrogens (tertiary/aromatic N) is 1. The largest absolute Gasteiger partial charge is 0.481 e. The minimum absolute atomic E-state index is 0.00688. The van der Waals surface area contributed by atoms with E-state index in [9.17, 15) is 4.79 Å². The fraction of sp³-hybridized carbons (Fsp3) is 0.364. The summed E-state index contributed by atoms with van der Waals surface area (Å²) in [6, 6.07) is 4.79. The highest BCUT2D eigenvalue weighted by atomic mass is 35.5. The fourth-order valence-electron chi connectivity index (χ4n) is 1.51. The number of halogens is 2. The van der Waals surface area contributed by atoms with Crippen molar-refractivity contribution in [3.63, 3.8) is 0 Å². The molecule has 0 fully saturated rings. The molecule has 0 spiro atoms. The second-order valence-corrected chi connectivity index (χ2v) is 4.59. The lowest BCUT2D eigenvalue weighted by molar-refractivity contribution is -0.138. The minimum Gasteiger partial charge on any atom is -0.481 e. The molecule has 5 heteroatoms. The molecule has 88 valence electrons. The second-order valence-electron chi connectivity index (χ2n) is 3.74. The van der Waals surface area contributed by atoms with Crippen molar-refractivity contribution < 1.29 is 9.90 Å². The van der Waals surface area contributed by atoms with Crippen LogP contribution in [-0.2, 0) is 4.79 Å². The van der Waals surface area contributed by atoms with Crippen LogP contribution in [0, 0.1) is 0 Å². The Kier molecular flexibility index (Phi) is 4.59. The van der Waals surface area contributed by atoms with Gasteiger partial charge in [0.1, 0.15) is 0 Å². The van der Waals surface area contributed by atoms with Gasteiger partial charge in [-0.25, -0.2) is 0 Å². The Morgan fingerprint density at radius 1 is 1.44 bits per heavy atom. The third kappa shape index (κ3) is 3.37. The maximum atomic E-state index is 10.8. The first-order valence-electron chi connectivity index (χ1n) is 4.75. The first-order valence-corrected chi connectivity index (χ1v) is 5.50. The van der Waals surface area contributed by atoms with Crippen molar-refractivity contribution in [1.29, 1.82) is 0 Å². The lowest BCUT2D eigenvalue weighted by Crippen LogP contribution is -2.23. The molecule has 16 heavy (non-hydrogen) atoms. The van der Waals surface area contributed by atoms with Gasteiger partial charge in [0.2, 0.25) is 0 Å². The van der Waals surface area contributed by atoms with Crippen LogP contribution in [0.3, 0.4) is 0 Å². The molecule has 0 amide bonds. The molecule has 1 atom stereocenters. The number of aliphatic carboxylic acids is 1. The molecule has 3 nitrogen and oxygen atoms in total. The first-order chi connectivity index (χ1) is 7.41. The second kappa shape index (κ2) is 5.53. The molecule has 0 saturated heterocycles. The molecule has 1 N–H and O–H groups in total. The molecule has 1 aromatic rings. The van der Waals surface area contributed by atoms with Crippen LogP contribution in [0.2, 0.25) is 10.0 Å². The van der Waals surface area contributed by atoms with Crippen molar-refractivity contribution in [1.82, 2.24) is 4.90 Å². The zero-order chi connectivity index (χ0) is 12.3. The molecular weight excluding hydrogens is 249 g/mol. The quantitative estimate of drug-likeness (QED) is 0.906. The molecule has 0 bridgehead atoms. The lowest BCUT2D eigenvalue weighted by Gasteiger charge is -2.24. The van der Waals surface area contributed by atoms with Gasteiger partial charge in [-0.15, -0.1) is 0 Å². The van der Waals surface area contributed by atoms with E-state index in [0.717, 1.165) is 5.56 Å². The molecule has 0 radical (unpaired) electrons. The number of carboxylic acids is 1. The van der Waals surface area contributed by atoms with E-state index in [4.69, 9.17) is 28.3 Å². The number of hydrogen-bond acceptors (Lipinski definition) is 2. The Hall–Kier alpha value is -0.770. The van der Waals surface area contributed by atoms with Crippen LogP contribution in [0.1, 0.15) is 18.0 Å². The molecule has 0 saturated carbocycles. The van der Waals surface area contributed by atoms with E-state index in [1.54, 1.807) is 18.2 Å². The van der Waals surface area contributed by atoms with E-state index in [0.29, 0.717) is 10.0 Å². The Morgan fingerprint density at radius 3 is 2.56 bits per heavy atom. The van der Waals surface area contributed by atoms with Crippen LogP contribution in [0.4, 0.5) is 0 Å². The van der Waals surface area contributed by atoms with Crippen molar-refractivity contribution in [2.45, 2.75) is 12.5 Å². The normalized spacial score (nSPS) is 12.8. The summed E-state index contributed by atoms with van der Waals surface area (Å²) < 4.78 is 0. The van der Waals surface area contributed by atoms with E-state index in [1.807, 2.05) is 19.0 Å². The smallest absolute Gasteiger partial charge is 0.305 e. The number of carbonyl (C=O) groups is 1. The van der Waals surface area contributed by atoms with Crippen LogP contribution < -0.4 is 0 Å². The number of carboxylic acid groups (broad SMARTS) is 1. The number of benzene rings is 1. The van der Waals surface area contributed by atoms with Gasteiger partial charge in [0, 0.05) is 16.1 Å². The number of rotatable bonds is 4. The zero-order valence-electron chi connectivity index (χ0n) is 9.08. The van der Waals surface area contributed by atoms with E-state index in [-0.39, 0.29) is 12.5 Å². The maximum Gasteiger partial charge on any atom is 0.305 e. The highest BCUT2D eigenvalue weighted by Crippen LogP contribution is 2.30. The Bertz CT molecular complexity index is 394. The summed E-state index contributed by atoms with van der Waals surface area (Å²) in [7, 11) is 3.62. The van der Waals surface area contributed by atoms with E-state index in [2.05, 4.69) is 0 Å². The third-order valence-corrected chi connectivity index (χ3v) is 2.89. The summed E-state index contributed by atoms with van der Waals surface area (Å²) in [6.45, 7) is 0. The van der Waals surface area contributed by atoms with Crippen molar-refractivity contribution in [3.05, 3.63) is 33.8 Å². The van der Waals surface area contributed by atoms with E-state index >= 15 is 0 Å². The highest BCUT2D eigenvalue weighted by molar-refractivity contribution is 6.33. The lowest BCUT2D eigenvalue weighted by atomic mass is 10.0. The van der Waals surface area contributed by atoms with Gasteiger partial charge in [0.25, 0.3) is 0 Å². The molecular formula is C11H13Cl2NO2. The Labute approximate surface area is 105 Å². The standard InChI is InChI=1S/C11H13Cl2NO2/c1-14(2)10(6-11(15)16)8-5-7(12)3-4-9(8)13/h3-5,10H,6H2,1-2H3,(H,15,16). The fourth-order valence-corrected chi connectivity index (χ4v) is 1.93. The van der Waals surface area contributed by atoms with E-state index < -0.39 is 5.97 Å². The maximum absolute atomic E-state index is 10.8. The van der Waals surface area contributed by atoms with Gasteiger partial charge in [0.05, 0.1) is 6.42 Å². The molecule has 1 aromatic carbocycles. The van der Waals surface area contributed by atoms with Crippen LogP contribution >= 0.6 is 23.2 Å². The predicted molar refractivity (Wildman–Crippen MR) is 65.1 cm³/mol. The molecule has 1 unspecified atom stereocenters. The summed E-state index contributed by atoms with van der Waals surface area (Å²) in [5.41, 5.74) is 0.738. The first kappa shape index (κ1) is 13.3. The third-order valence-electron chi connectivity index (χ3n) is 2.31. The Morgan fingerprint density at radius 2 is 2.06 bits per heavy atom. The molecule has 0 aromatic heterocycles. The summed E-state index contributed by atoms with van der Waals surface area (Å²) in [5.74, 6) is -0.866. The van der Waals surface area contributed by atoms with Crippen LogP contribution in [0.25, 0.3) is 0 Å². The van der Waals surface area contributed by atoms with Gasteiger partial charge in [-0.3, -0.25) is 4.79 Å². The zero-order valence-corrected chi connectivity index (χ0v) is 10.6. The SMILES string of the molecule is CN(C)C(CC(=O)O)c1cc(Cl)ccc1Cl. The van der Waals surface area contributed by atoms with Gasteiger partial charge < -0.3 is 10.0 Å². The summed E-state index contributed by atoms with van der Waals surface area (Å²) in [4.78, 5) is 12.6. The summed E-state index contributed by atoms with van der Waals surface area (Å²) >= 11 is 11.9. The van der Waals surface area contributed by atoms with Gasteiger partial charge in [-0.05, 0) is 37.9 Å². The highest BCUT2D eigenvalue weighted by Gasteiger charge is 2.20. The van der Waals surface area contributed by atoms with Crippen molar-refractivity contribution in [2.75, 3.05) is 14.1 Å². The summed E-state index contributed by atoms with van der Waals surface area (Å²) in [5, 5.41) is 9.94. The van der Waals surface area contributed by atoms with Crippen LogP contribution in [-0.4, -0.2) is 30.1 Å². The molecule has 0 aliphatic rings. The van der Waals surface area contributed by atoms with Crippen molar-refractivity contribution in [3.8, 4) is 0 Å². The average Bonchev–Trinajstić information content (AvgIpc) is 2.18. The Balaban J connectivity index is 3.09. The minimum atomic E-state index is -0.866. The van der Waals surface area contributed by atoms with Gasteiger partial charge in [-0.2, -0.15) is 0 Å². The van der Waals surface area contributed by atoms with Gasteiger partial charge in [0.15, 0.2) is 0 Å². The van der Waals surface area contributed by atoms with Gasteiger partial charge >= 0.3 is 5.97 Å². The average molecular weight is 262 g/mol. The molecule has 0 aliphatic heterocycles. The van der Waals surface area contributed by atoms with E-state index in [1.165, 1.54) is 0 Å². The molecule has 0 aliphatic carbocycles. The molecule has 0 heterocycles. The number of hydrogen-bond donors (Lipinski definition) is 1. The van der Waals surface area contributed by atoms with Crippen molar-refractivity contribution in [2.24, 2.45) is 0 Å². The van der Waals surface area contributed by atoms with Crippen LogP contribution in [0.15, 0.2) is 18.2 Å². The predicted octanol–water partition coefficient (Wildman–Crippen LogP) is 3.07. The summed E-state index contributed by atoms with van der Waals surface area (Å²) in [6.07, 6.45) is -0.00688.